The molecule has 2 aromatic carbocycles. The molecule has 55 heavy (non-hydrogen) atoms. The summed E-state index contributed by atoms with van der Waals surface area (Å²) < 4.78 is 76.3. The van der Waals surface area contributed by atoms with Gasteiger partial charge in [0.05, 0.1) is 24.1 Å². The minimum Gasteiger partial charge on any atom is -0.467 e. The number of hydrogen-bond acceptors (Lipinski definition) is 12. The van der Waals surface area contributed by atoms with Gasteiger partial charge >= 0.3 is 13.9 Å². The topological polar surface area (TPSA) is 156 Å². The van der Waals surface area contributed by atoms with Gasteiger partial charge in [0.15, 0.2) is 6.79 Å². The highest BCUT2D eigenvalue weighted by molar-refractivity contribution is 7.85. The average molecular weight is 816 g/mol. The molecule has 0 aromatic heterocycles. The van der Waals surface area contributed by atoms with Crippen molar-refractivity contribution in [1.29, 1.82) is 0 Å². The van der Waals surface area contributed by atoms with E-state index in [4.69, 9.17) is 32.0 Å². The van der Waals surface area contributed by atoms with Crippen LogP contribution < -0.4 is 4.74 Å². The van der Waals surface area contributed by atoms with Crippen molar-refractivity contribution in [3.8, 4) is 5.75 Å². The second-order valence-corrected chi connectivity index (χ2v) is 19.6. The van der Waals surface area contributed by atoms with Gasteiger partial charge in [-0.1, -0.05) is 49.2 Å². The highest BCUT2D eigenvalue weighted by atomic mass is 32.2. The highest BCUT2D eigenvalue weighted by Gasteiger charge is 2.37. The molecule has 0 aliphatic rings. The monoisotopic (exact) mass is 815 g/mol. The molecule has 0 fully saturated rings. The fourth-order valence-electron chi connectivity index (χ4n) is 5.20. The molecule has 1 unspecified atom stereocenters. The van der Waals surface area contributed by atoms with Crippen LogP contribution in [0.4, 0.5) is 4.79 Å². The van der Waals surface area contributed by atoms with Crippen molar-refractivity contribution in [3.05, 3.63) is 65.2 Å². The van der Waals surface area contributed by atoms with Gasteiger partial charge in [-0.15, -0.1) is 0 Å². The Hall–Kier alpha value is -2.55. The van der Waals surface area contributed by atoms with E-state index in [0.29, 0.717) is 24.2 Å². The first-order valence-corrected chi connectivity index (χ1v) is 22.3. The summed E-state index contributed by atoms with van der Waals surface area (Å²) in [7, 11) is -7.93. The van der Waals surface area contributed by atoms with Crippen LogP contribution in [0.3, 0.4) is 0 Å². The Balaban J connectivity index is 2.03. The number of rotatable bonds is 24. The lowest BCUT2D eigenvalue weighted by Crippen LogP contribution is -2.45. The average Bonchev–Trinajstić information content (AvgIpc) is 3.02. The van der Waals surface area contributed by atoms with Gasteiger partial charge in [-0.3, -0.25) is 18.1 Å². The molecule has 0 bridgehead atoms. The lowest BCUT2D eigenvalue weighted by Gasteiger charge is -2.31. The summed E-state index contributed by atoms with van der Waals surface area (Å²) in [6.07, 6.45) is 5.48. The second kappa shape index (κ2) is 22.4. The SMILES string of the molecule is CC(C)(C)OC(=O)N(CCCCCCOCCCCc1ccccc1)C(O)Cc1ccc(OCOP(=O)(OC(C)(C)C)OC(C)(C)C)c(COS(C)(=O)=O)c1. The first kappa shape index (κ1) is 48.6. The molecule has 0 aliphatic carbocycles. The van der Waals surface area contributed by atoms with Gasteiger partial charge in [-0.05, 0) is 118 Å². The first-order chi connectivity index (χ1) is 25.4. The van der Waals surface area contributed by atoms with Crippen molar-refractivity contribution in [2.24, 2.45) is 0 Å². The molecule has 314 valence electrons. The zero-order valence-electron chi connectivity index (χ0n) is 34.6. The number of aliphatic hydroxyl groups is 1. The first-order valence-electron chi connectivity index (χ1n) is 19.0. The number of carbonyl (C=O) groups excluding carboxylic acids is 1. The van der Waals surface area contributed by atoms with Crippen LogP contribution in [0.2, 0.25) is 0 Å². The number of aryl methyl sites for hydroxylation is 1. The predicted molar refractivity (Wildman–Crippen MR) is 213 cm³/mol. The van der Waals surface area contributed by atoms with Gasteiger partial charge in [0.25, 0.3) is 10.1 Å². The number of ether oxygens (including phenoxy) is 3. The molecule has 0 spiro atoms. The summed E-state index contributed by atoms with van der Waals surface area (Å²) in [5.74, 6) is 0.181. The number of phosphoric ester groups is 1. The predicted octanol–water partition coefficient (Wildman–Crippen LogP) is 8.95. The van der Waals surface area contributed by atoms with Gasteiger partial charge in [0, 0.05) is 31.7 Å². The maximum absolute atomic E-state index is 13.5. The van der Waals surface area contributed by atoms with Crippen LogP contribution in [0.15, 0.2) is 48.5 Å². The molecule has 0 saturated carbocycles. The molecule has 1 amide bonds. The summed E-state index contributed by atoms with van der Waals surface area (Å²) in [4.78, 5) is 14.5. The Morgan fingerprint density at radius 3 is 1.98 bits per heavy atom. The lowest BCUT2D eigenvalue weighted by atomic mass is 10.1. The summed E-state index contributed by atoms with van der Waals surface area (Å²) in [5, 5.41) is 11.3. The van der Waals surface area contributed by atoms with Gasteiger partial charge in [0.1, 0.15) is 17.6 Å². The molecule has 0 radical (unpaired) electrons. The largest absolute Gasteiger partial charge is 0.478 e. The number of nitrogens with zero attached hydrogens (tertiary/aromatic N) is 1. The number of amides is 1. The standard InChI is InChI=1S/C40H66NO12PS/c1-38(2,3)51-37(43)41(25-17-11-12-18-26-47-27-19-16-22-32-20-14-13-15-21-32)36(42)29-33-23-24-35(34(28-33)30-50-55(10,45)46)48-31-49-54(44,52-39(4,5)6)53-40(7,8)9/h13-15,20-21,23-24,28,36,42H,11-12,16-19,22,25-27,29-31H2,1-10H3. The van der Waals surface area contributed by atoms with Crippen LogP contribution in [0.5, 0.6) is 5.75 Å². The van der Waals surface area contributed by atoms with E-state index in [0.717, 1.165) is 51.4 Å². The fourth-order valence-corrected chi connectivity index (χ4v) is 7.21. The maximum Gasteiger partial charge on any atom is 0.478 e. The summed E-state index contributed by atoms with van der Waals surface area (Å²) in [6.45, 7) is 16.3. The van der Waals surface area contributed by atoms with Crippen LogP contribution in [0.25, 0.3) is 0 Å². The van der Waals surface area contributed by atoms with Gasteiger partial charge in [-0.2, -0.15) is 8.42 Å². The smallest absolute Gasteiger partial charge is 0.467 e. The van der Waals surface area contributed by atoms with Crippen LogP contribution in [-0.2, 0) is 61.4 Å². The summed E-state index contributed by atoms with van der Waals surface area (Å²) >= 11 is 0. The van der Waals surface area contributed by atoms with E-state index in [1.54, 1.807) is 80.5 Å². The summed E-state index contributed by atoms with van der Waals surface area (Å²) in [6, 6.07) is 15.2. The lowest BCUT2D eigenvalue weighted by molar-refractivity contribution is -0.0307. The maximum atomic E-state index is 13.5. The number of hydrogen-bond donors (Lipinski definition) is 1. The Labute approximate surface area is 330 Å². The number of phosphoric acid groups is 1. The quantitative estimate of drug-likeness (QED) is 0.0465. The van der Waals surface area contributed by atoms with E-state index in [-0.39, 0.29) is 25.3 Å². The number of aliphatic hydroxyl groups excluding tert-OH is 1. The third kappa shape index (κ3) is 22.7. The molecule has 2 rings (SSSR count). The summed E-state index contributed by atoms with van der Waals surface area (Å²) in [5.41, 5.74) is -0.272. The molecule has 2 aromatic rings. The van der Waals surface area contributed by atoms with Crippen molar-refractivity contribution < 1.29 is 54.8 Å². The molecule has 0 aliphatic heterocycles. The third-order valence-electron chi connectivity index (χ3n) is 7.44. The number of carbonyl (C=O) groups is 1. The Morgan fingerprint density at radius 1 is 0.800 bits per heavy atom. The van der Waals surface area contributed by atoms with Crippen LogP contribution >= 0.6 is 7.82 Å². The highest BCUT2D eigenvalue weighted by Crippen LogP contribution is 2.55. The van der Waals surface area contributed by atoms with Crippen molar-refractivity contribution in [1.82, 2.24) is 4.90 Å². The van der Waals surface area contributed by atoms with Crippen LogP contribution in [0, 0.1) is 0 Å². The molecule has 0 saturated heterocycles. The third-order valence-corrected chi connectivity index (χ3v) is 9.95. The van der Waals surface area contributed by atoms with Gasteiger partial charge < -0.3 is 19.3 Å². The molecule has 15 heteroatoms. The normalized spacial score (nSPS) is 13.4. The van der Waals surface area contributed by atoms with E-state index in [1.165, 1.54) is 10.5 Å². The van der Waals surface area contributed by atoms with Crippen molar-refractivity contribution in [2.45, 2.75) is 143 Å². The molecular formula is C40H66NO12PS. The van der Waals surface area contributed by atoms with Gasteiger partial charge in [-0.25, -0.2) is 13.9 Å². The van der Waals surface area contributed by atoms with Crippen molar-refractivity contribution in [3.63, 3.8) is 0 Å². The minimum atomic E-state index is -4.09. The fraction of sp³-hybridized carbons (Fsp3) is 0.675. The van der Waals surface area contributed by atoms with Gasteiger partial charge in [0.2, 0.25) is 0 Å². The number of benzene rings is 2. The molecule has 13 nitrogen and oxygen atoms in total. The number of unbranched alkanes of at least 4 members (excludes halogenated alkanes) is 4. The minimum absolute atomic E-state index is 0.00799. The Kier molecular flexibility index (Phi) is 19.8. The second-order valence-electron chi connectivity index (χ2n) is 16.5. The zero-order valence-corrected chi connectivity index (χ0v) is 36.3. The van der Waals surface area contributed by atoms with E-state index in [1.807, 2.05) is 6.07 Å². The van der Waals surface area contributed by atoms with E-state index in [9.17, 15) is 22.9 Å². The van der Waals surface area contributed by atoms with E-state index >= 15 is 0 Å². The molecule has 1 N–H and O–H groups in total. The Morgan fingerprint density at radius 2 is 1.40 bits per heavy atom. The van der Waals surface area contributed by atoms with Crippen molar-refractivity contribution in [2.75, 3.05) is 32.8 Å². The van der Waals surface area contributed by atoms with E-state index in [2.05, 4.69) is 24.3 Å². The zero-order chi connectivity index (χ0) is 41.3. The molecule has 1 atom stereocenters. The van der Waals surface area contributed by atoms with Crippen molar-refractivity contribution >= 4 is 24.0 Å². The van der Waals surface area contributed by atoms with Crippen LogP contribution in [0.1, 0.15) is 118 Å². The molecule has 0 heterocycles. The Bertz CT molecular complexity index is 1560. The molecular weight excluding hydrogens is 749 g/mol. The van der Waals surface area contributed by atoms with Crippen LogP contribution in [-0.4, -0.2) is 80.4 Å². The van der Waals surface area contributed by atoms with E-state index < -0.39 is 53.9 Å².